The minimum atomic E-state index is 0.502. The molecule has 0 aliphatic rings. The normalized spacial score (nSPS) is 11.2. The van der Waals surface area contributed by atoms with Crippen molar-refractivity contribution in [3.8, 4) is 23.1 Å². The average molecular weight is 404 g/mol. The third-order valence-electron chi connectivity index (χ3n) is 4.64. The Morgan fingerprint density at radius 2 is 2.07 bits per heavy atom. The summed E-state index contributed by atoms with van der Waals surface area (Å²) in [6, 6.07) is 16.3. The Morgan fingerprint density at radius 3 is 2.83 bits per heavy atom. The molecule has 148 valence electrons. The van der Waals surface area contributed by atoms with E-state index in [0.29, 0.717) is 17.2 Å². The highest BCUT2D eigenvalue weighted by Crippen LogP contribution is 2.27. The van der Waals surface area contributed by atoms with E-state index in [1.807, 2.05) is 29.6 Å². The third-order valence-corrected chi connectivity index (χ3v) is 5.52. The number of nitrogens with one attached hydrogen (secondary N) is 1. The summed E-state index contributed by atoms with van der Waals surface area (Å²) in [4.78, 5) is 4.67. The number of nitrogens with zero attached hydrogens (tertiary/aromatic N) is 2. The Morgan fingerprint density at radius 1 is 1.21 bits per heavy atom. The van der Waals surface area contributed by atoms with Crippen molar-refractivity contribution >= 4 is 22.6 Å². The van der Waals surface area contributed by atoms with E-state index in [2.05, 4.69) is 55.3 Å². The van der Waals surface area contributed by atoms with E-state index in [9.17, 15) is 5.26 Å². The molecule has 0 aliphatic carbocycles. The largest absolute Gasteiger partial charge is 0.494 e. The highest BCUT2D eigenvalue weighted by Gasteiger charge is 2.10. The highest BCUT2D eigenvalue weighted by molar-refractivity contribution is 7.11. The van der Waals surface area contributed by atoms with Crippen molar-refractivity contribution in [1.29, 1.82) is 5.26 Å². The molecule has 1 aromatic heterocycles. The molecule has 0 atom stereocenters. The second kappa shape index (κ2) is 9.90. The highest BCUT2D eigenvalue weighted by atomic mass is 32.1. The Bertz CT molecular complexity index is 1050. The summed E-state index contributed by atoms with van der Waals surface area (Å²) in [6.45, 7) is 7.04. The first kappa shape index (κ1) is 20.6. The molecule has 2 aromatic carbocycles. The number of rotatable bonds is 8. The van der Waals surface area contributed by atoms with Crippen molar-refractivity contribution in [3.05, 3.63) is 70.2 Å². The van der Waals surface area contributed by atoms with Gasteiger partial charge in [-0.3, -0.25) is 0 Å². The zero-order valence-electron chi connectivity index (χ0n) is 17.0. The van der Waals surface area contributed by atoms with Crippen molar-refractivity contribution in [2.45, 2.75) is 33.6 Å². The maximum atomic E-state index is 9.60. The molecule has 3 aromatic rings. The lowest BCUT2D eigenvalue weighted by Gasteiger charge is -2.07. The number of hydrogen-bond donors (Lipinski definition) is 1. The topological polar surface area (TPSA) is 57.9 Å². The summed E-state index contributed by atoms with van der Waals surface area (Å²) < 4.78 is 5.74. The number of benzene rings is 2. The van der Waals surface area contributed by atoms with Crippen LogP contribution in [0.1, 0.15) is 35.9 Å². The number of nitriles is 1. The number of aromatic nitrogens is 1. The van der Waals surface area contributed by atoms with Gasteiger partial charge >= 0.3 is 0 Å². The van der Waals surface area contributed by atoms with Crippen LogP contribution in [0, 0.1) is 25.2 Å². The van der Waals surface area contributed by atoms with Crippen molar-refractivity contribution in [2.75, 3.05) is 11.9 Å². The minimum absolute atomic E-state index is 0.502. The molecule has 0 aliphatic heterocycles. The first-order valence-corrected chi connectivity index (χ1v) is 10.6. The number of anilines is 1. The van der Waals surface area contributed by atoms with Gasteiger partial charge in [0.1, 0.15) is 22.4 Å². The van der Waals surface area contributed by atoms with Gasteiger partial charge in [0.15, 0.2) is 0 Å². The smallest absolute Gasteiger partial charge is 0.136 e. The number of allylic oxidation sites excluding steroid dienone is 1. The van der Waals surface area contributed by atoms with Gasteiger partial charge in [-0.2, -0.15) is 5.26 Å². The van der Waals surface area contributed by atoms with Crippen LogP contribution in [0.15, 0.2) is 54.0 Å². The van der Waals surface area contributed by atoms with Gasteiger partial charge in [0.25, 0.3) is 0 Å². The van der Waals surface area contributed by atoms with Crippen LogP contribution in [-0.2, 0) is 0 Å². The number of aryl methyl sites for hydroxylation is 2. The van der Waals surface area contributed by atoms with Gasteiger partial charge in [0.2, 0.25) is 0 Å². The molecule has 1 heterocycles. The molecule has 0 unspecified atom stereocenters. The van der Waals surface area contributed by atoms with Gasteiger partial charge in [-0.25, -0.2) is 4.98 Å². The van der Waals surface area contributed by atoms with Gasteiger partial charge in [-0.15, -0.1) is 11.3 Å². The number of ether oxygens (including phenoxy) is 1. The van der Waals surface area contributed by atoms with Gasteiger partial charge < -0.3 is 10.1 Å². The van der Waals surface area contributed by atoms with Crippen LogP contribution in [0.25, 0.3) is 16.8 Å². The van der Waals surface area contributed by atoms with E-state index in [1.54, 1.807) is 6.20 Å². The molecule has 0 amide bonds. The summed E-state index contributed by atoms with van der Waals surface area (Å²) in [6.07, 6.45) is 3.83. The summed E-state index contributed by atoms with van der Waals surface area (Å²) in [7, 11) is 0. The molecular weight excluding hydrogens is 378 g/mol. The van der Waals surface area contributed by atoms with E-state index >= 15 is 0 Å². The first-order valence-electron chi connectivity index (χ1n) is 9.74. The molecule has 5 heteroatoms. The van der Waals surface area contributed by atoms with Crippen LogP contribution in [0.3, 0.4) is 0 Å². The molecule has 0 spiro atoms. The molecule has 4 nitrogen and oxygen atoms in total. The molecule has 0 radical (unpaired) electrons. The fraction of sp³-hybridized carbons (Fsp3) is 0.250. The summed E-state index contributed by atoms with van der Waals surface area (Å²) >= 11 is 1.47. The van der Waals surface area contributed by atoms with E-state index in [0.717, 1.165) is 35.5 Å². The lowest BCUT2D eigenvalue weighted by molar-refractivity contribution is 0.309. The van der Waals surface area contributed by atoms with Gasteiger partial charge in [0, 0.05) is 28.9 Å². The van der Waals surface area contributed by atoms with Crippen LogP contribution in [0.4, 0.5) is 5.69 Å². The SMILES string of the molecule is CCCCOc1cccc(NC=C(C#N)c2nc(-c3ccc(C)c(C)c3)cs2)c1. The second-order valence-corrected chi connectivity index (χ2v) is 7.74. The maximum absolute atomic E-state index is 9.60. The van der Waals surface area contributed by atoms with E-state index in [-0.39, 0.29) is 0 Å². The Hall–Kier alpha value is -3.10. The zero-order chi connectivity index (χ0) is 20.6. The summed E-state index contributed by atoms with van der Waals surface area (Å²) in [5, 5.41) is 15.5. The number of hydrogen-bond acceptors (Lipinski definition) is 5. The Balaban J connectivity index is 1.74. The Kier molecular flexibility index (Phi) is 7.04. The van der Waals surface area contributed by atoms with Crippen molar-refractivity contribution in [1.82, 2.24) is 4.98 Å². The molecule has 0 saturated heterocycles. The third kappa shape index (κ3) is 5.46. The van der Waals surface area contributed by atoms with Crippen molar-refractivity contribution in [2.24, 2.45) is 0 Å². The van der Waals surface area contributed by atoms with Crippen LogP contribution >= 0.6 is 11.3 Å². The summed E-state index contributed by atoms with van der Waals surface area (Å²) in [5.74, 6) is 0.821. The van der Waals surface area contributed by atoms with Gasteiger partial charge in [0.05, 0.1) is 12.3 Å². The monoisotopic (exact) mass is 403 g/mol. The second-order valence-electron chi connectivity index (χ2n) is 6.88. The molecule has 3 rings (SSSR count). The molecule has 0 saturated carbocycles. The van der Waals surface area contributed by atoms with Crippen LogP contribution in [0.5, 0.6) is 5.75 Å². The zero-order valence-corrected chi connectivity index (χ0v) is 17.8. The lowest BCUT2D eigenvalue weighted by Crippen LogP contribution is -1.97. The quantitative estimate of drug-likeness (QED) is 0.341. The fourth-order valence-corrected chi connectivity index (χ4v) is 3.53. The number of unbranched alkanes of at least 4 members (excludes halogenated alkanes) is 1. The van der Waals surface area contributed by atoms with E-state index in [4.69, 9.17) is 4.74 Å². The van der Waals surface area contributed by atoms with Crippen LogP contribution in [-0.4, -0.2) is 11.6 Å². The minimum Gasteiger partial charge on any atom is -0.494 e. The molecule has 0 bridgehead atoms. The number of thiazole rings is 1. The maximum Gasteiger partial charge on any atom is 0.136 e. The first-order chi connectivity index (χ1) is 14.1. The van der Waals surface area contributed by atoms with E-state index < -0.39 is 0 Å². The molecule has 0 fully saturated rings. The van der Waals surface area contributed by atoms with E-state index in [1.165, 1.54) is 22.5 Å². The molecule has 1 N–H and O–H groups in total. The summed E-state index contributed by atoms with van der Waals surface area (Å²) in [5.41, 5.74) is 5.82. The van der Waals surface area contributed by atoms with Crippen LogP contribution in [0.2, 0.25) is 0 Å². The van der Waals surface area contributed by atoms with Gasteiger partial charge in [-0.1, -0.05) is 31.5 Å². The average Bonchev–Trinajstić information content (AvgIpc) is 3.21. The van der Waals surface area contributed by atoms with Crippen molar-refractivity contribution in [3.63, 3.8) is 0 Å². The lowest BCUT2D eigenvalue weighted by atomic mass is 10.1. The predicted octanol–water partition coefficient (Wildman–Crippen LogP) is 6.58. The molecule has 29 heavy (non-hydrogen) atoms. The van der Waals surface area contributed by atoms with Crippen molar-refractivity contribution < 1.29 is 4.74 Å². The van der Waals surface area contributed by atoms with Gasteiger partial charge in [-0.05, 0) is 49.6 Å². The van der Waals surface area contributed by atoms with Crippen LogP contribution < -0.4 is 10.1 Å². The fourth-order valence-electron chi connectivity index (χ4n) is 2.74. The Labute approximate surface area is 176 Å². The predicted molar refractivity (Wildman–Crippen MR) is 121 cm³/mol. The standard InChI is InChI=1S/C24H25N3OS/c1-4-5-11-28-22-8-6-7-21(13-22)26-15-20(14-25)24-27-23(16-29-24)19-10-9-17(2)18(3)12-19/h6-10,12-13,15-16,26H,4-5,11H2,1-3H3. The molecular formula is C24H25N3OS.